The summed E-state index contributed by atoms with van der Waals surface area (Å²) < 4.78 is 5.37. The summed E-state index contributed by atoms with van der Waals surface area (Å²) in [6.45, 7) is 1.92. The summed E-state index contributed by atoms with van der Waals surface area (Å²) >= 11 is 0. The normalized spacial score (nSPS) is 27.0. The number of rotatable bonds is 4. The van der Waals surface area contributed by atoms with Crippen LogP contribution in [0, 0.1) is 11.8 Å². The molecule has 2 heteroatoms. The molecule has 0 radical (unpaired) electrons. The molecule has 2 N–H and O–H groups in total. The summed E-state index contributed by atoms with van der Waals surface area (Å²) in [4.78, 5) is 0. The Morgan fingerprint density at radius 3 is 2.07 bits per heavy atom. The molecule has 1 aliphatic carbocycles. The van der Waals surface area contributed by atoms with Gasteiger partial charge in [-0.1, -0.05) is 25.7 Å². The van der Waals surface area contributed by atoms with Gasteiger partial charge in [-0.2, -0.15) is 0 Å². The fourth-order valence-corrected chi connectivity index (χ4v) is 3.18. The van der Waals surface area contributed by atoms with Gasteiger partial charge in [0.15, 0.2) is 0 Å². The Morgan fingerprint density at radius 2 is 1.47 bits per heavy atom. The molecule has 1 saturated heterocycles. The Kier molecular flexibility index (Phi) is 4.45. The molecule has 2 aliphatic rings. The van der Waals surface area contributed by atoms with E-state index in [1.54, 1.807) is 0 Å². The van der Waals surface area contributed by atoms with Crippen molar-refractivity contribution in [3.8, 4) is 0 Å². The van der Waals surface area contributed by atoms with Gasteiger partial charge in [-0.3, -0.25) is 0 Å². The van der Waals surface area contributed by atoms with Crippen LogP contribution in [0.1, 0.15) is 51.4 Å². The van der Waals surface area contributed by atoms with Gasteiger partial charge in [0.05, 0.1) is 0 Å². The Morgan fingerprint density at radius 1 is 0.933 bits per heavy atom. The fourth-order valence-electron chi connectivity index (χ4n) is 3.18. The van der Waals surface area contributed by atoms with Gasteiger partial charge in [-0.15, -0.1) is 0 Å². The Labute approximate surface area is 93.6 Å². The molecule has 1 heterocycles. The highest BCUT2D eigenvalue weighted by Gasteiger charge is 2.21. The molecule has 1 atom stereocenters. The van der Waals surface area contributed by atoms with Crippen LogP contribution in [0.15, 0.2) is 0 Å². The molecule has 2 rings (SSSR count). The molecule has 2 nitrogen and oxygen atoms in total. The van der Waals surface area contributed by atoms with E-state index in [0.29, 0.717) is 6.04 Å². The maximum absolute atomic E-state index is 6.24. The van der Waals surface area contributed by atoms with Crippen molar-refractivity contribution in [3.05, 3.63) is 0 Å². The van der Waals surface area contributed by atoms with E-state index in [1.165, 1.54) is 51.4 Å². The molecular weight excluding hydrogens is 186 g/mol. The van der Waals surface area contributed by atoms with Crippen LogP contribution in [-0.2, 0) is 4.74 Å². The second kappa shape index (κ2) is 5.86. The lowest BCUT2D eigenvalue weighted by molar-refractivity contribution is 0.0611. The quantitative estimate of drug-likeness (QED) is 0.776. The number of nitrogens with two attached hydrogens (primary N) is 1. The minimum absolute atomic E-state index is 0.455. The van der Waals surface area contributed by atoms with Crippen molar-refractivity contribution >= 4 is 0 Å². The maximum atomic E-state index is 6.24. The zero-order chi connectivity index (χ0) is 10.5. The molecular formula is C13H25NO. The Bertz CT molecular complexity index is 171. The van der Waals surface area contributed by atoms with Crippen LogP contribution in [0.5, 0.6) is 0 Å². The monoisotopic (exact) mass is 211 g/mol. The van der Waals surface area contributed by atoms with E-state index in [9.17, 15) is 0 Å². The molecule has 15 heavy (non-hydrogen) atoms. The maximum Gasteiger partial charge on any atom is 0.0468 e. The van der Waals surface area contributed by atoms with Crippen molar-refractivity contribution in [1.29, 1.82) is 0 Å². The molecule has 1 unspecified atom stereocenters. The summed E-state index contributed by atoms with van der Waals surface area (Å²) in [7, 11) is 0. The summed E-state index contributed by atoms with van der Waals surface area (Å²) in [5, 5.41) is 0. The third-order valence-corrected chi connectivity index (χ3v) is 4.09. The molecule has 1 saturated carbocycles. The SMILES string of the molecule is NC(CC1CCCC1)CC1CCOCC1. The Balaban J connectivity index is 1.64. The van der Waals surface area contributed by atoms with Crippen molar-refractivity contribution < 1.29 is 4.74 Å². The molecule has 0 amide bonds. The standard InChI is InChI=1S/C13H25NO/c14-13(9-11-3-1-2-4-11)10-12-5-7-15-8-6-12/h11-13H,1-10,14H2. The third-order valence-electron chi connectivity index (χ3n) is 4.09. The van der Waals surface area contributed by atoms with Crippen LogP contribution in [0.4, 0.5) is 0 Å². The lowest BCUT2D eigenvalue weighted by Gasteiger charge is -2.26. The average molecular weight is 211 g/mol. The largest absolute Gasteiger partial charge is 0.381 e. The zero-order valence-corrected chi connectivity index (χ0v) is 9.79. The molecule has 0 aromatic carbocycles. The predicted octanol–water partition coefficient (Wildman–Crippen LogP) is 2.71. The highest BCUT2D eigenvalue weighted by molar-refractivity contribution is 4.76. The highest BCUT2D eigenvalue weighted by atomic mass is 16.5. The fraction of sp³-hybridized carbons (Fsp3) is 1.00. The van der Waals surface area contributed by atoms with Gasteiger partial charge in [0, 0.05) is 19.3 Å². The summed E-state index contributed by atoms with van der Waals surface area (Å²) in [6, 6.07) is 0.455. The van der Waals surface area contributed by atoms with Gasteiger partial charge in [-0.05, 0) is 37.5 Å². The van der Waals surface area contributed by atoms with Gasteiger partial charge < -0.3 is 10.5 Å². The molecule has 88 valence electrons. The van der Waals surface area contributed by atoms with Crippen LogP contribution < -0.4 is 5.73 Å². The van der Waals surface area contributed by atoms with Crippen LogP contribution >= 0.6 is 0 Å². The number of hydrogen-bond donors (Lipinski definition) is 1. The first kappa shape index (κ1) is 11.4. The van der Waals surface area contributed by atoms with Crippen LogP contribution in [0.3, 0.4) is 0 Å². The van der Waals surface area contributed by atoms with Crippen molar-refractivity contribution in [3.63, 3.8) is 0 Å². The number of hydrogen-bond acceptors (Lipinski definition) is 2. The van der Waals surface area contributed by atoms with Gasteiger partial charge in [0.1, 0.15) is 0 Å². The molecule has 0 spiro atoms. The first-order chi connectivity index (χ1) is 7.34. The van der Waals surface area contributed by atoms with Crippen LogP contribution in [0.2, 0.25) is 0 Å². The van der Waals surface area contributed by atoms with Gasteiger partial charge in [-0.25, -0.2) is 0 Å². The predicted molar refractivity (Wildman–Crippen MR) is 62.7 cm³/mol. The summed E-state index contributed by atoms with van der Waals surface area (Å²) in [5.41, 5.74) is 6.24. The van der Waals surface area contributed by atoms with E-state index in [2.05, 4.69) is 0 Å². The molecule has 0 bridgehead atoms. The molecule has 0 aromatic heterocycles. The van der Waals surface area contributed by atoms with E-state index in [4.69, 9.17) is 10.5 Å². The Hall–Kier alpha value is -0.0800. The first-order valence-electron chi connectivity index (χ1n) is 6.68. The van der Waals surface area contributed by atoms with E-state index in [0.717, 1.165) is 25.0 Å². The van der Waals surface area contributed by atoms with E-state index in [1.807, 2.05) is 0 Å². The van der Waals surface area contributed by atoms with Crippen molar-refractivity contribution in [2.45, 2.75) is 57.4 Å². The molecule has 0 aromatic rings. The van der Waals surface area contributed by atoms with Crippen LogP contribution in [-0.4, -0.2) is 19.3 Å². The van der Waals surface area contributed by atoms with E-state index < -0.39 is 0 Å². The van der Waals surface area contributed by atoms with Crippen molar-refractivity contribution in [2.24, 2.45) is 17.6 Å². The molecule has 1 aliphatic heterocycles. The average Bonchev–Trinajstić information content (AvgIpc) is 2.71. The minimum Gasteiger partial charge on any atom is -0.381 e. The number of ether oxygens (including phenoxy) is 1. The smallest absolute Gasteiger partial charge is 0.0468 e. The lowest BCUT2D eigenvalue weighted by atomic mass is 9.88. The lowest BCUT2D eigenvalue weighted by Crippen LogP contribution is -2.28. The van der Waals surface area contributed by atoms with Crippen LogP contribution in [0.25, 0.3) is 0 Å². The van der Waals surface area contributed by atoms with Crippen molar-refractivity contribution in [2.75, 3.05) is 13.2 Å². The van der Waals surface area contributed by atoms with Gasteiger partial charge >= 0.3 is 0 Å². The highest BCUT2D eigenvalue weighted by Crippen LogP contribution is 2.30. The summed E-state index contributed by atoms with van der Waals surface area (Å²) in [6.07, 6.45) is 10.7. The third kappa shape index (κ3) is 3.76. The zero-order valence-electron chi connectivity index (χ0n) is 9.79. The van der Waals surface area contributed by atoms with Crippen molar-refractivity contribution in [1.82, 2.24) is 0 Å². The van der Waals surface area contributed by atoms with E-state index >= 15 is 0 Å². The molecule has 2 fully saturated rings. The second-order valence-corrected chi connectivity index (χ2v) is 5.44. The topological polar surface area (TPSA) is 35.2 Å². The minimum atomic E-state index is 0.455. The van der Waals surface area contributed by atoms with Gasteiger partial charge in [0.25, 0.3) is 0 Å². The second-order valence-electron chi connectivity index (χ2n) is 5.44. The summed E-state index contributed by atoms with van der Waals surface area (Å²) in [5.74, 6) is 1.79. The van der Waals surface area contributed by atoms with E-state index in [-0.39, 0.29) is 0 Å². The van der Waals surface area contributed by atoms with Gasteiger partial charge in [0.2, 0.25) is 0 Å². The first-order valence-corrected chi connectivity index (χ1v) is 6.68.